The van der Waals surface area contributed by atoms with Gasteiger partial charge in [0.15, 0.2) is 0 Å². The molecule has 0 aliphatic carbocycles. The Morgan fingerprint density at radius 2 is 1.74 bits per heavy atom. The molecule has 1 aromatic carbocycles. The second-order valence-electron chi connectivity index (χ2n) is 4.35. The largest absolute Gasteiger partial charge is 0.550 e. The summed E-state index contributed by atoms with van der Waals surface area (Å²) < 4.78 is 0. The van der Waals surface area contributed by atoms with Crippen LogP contribution in [0.4, 0.5) is 11.6 Å². The molecule has 1 aromatic heterocycles. The van der Waals surface area contributed by atoms with Gasteiger partial charge in [0.1, 0.15) is 0 Å². The predicted molar refractivity (Wildman–Crippen MR) is 69.9 cm³/mol. The monoisotopic (exact) mass is 256 g/mol. The number of carboxylic acid groups (broad SMARTS) is 1. The maximum atomic E-state index is 10.5. The molecule has 0 aliphatic rings. The average Bonchev–Trinajstić information content (AvgIpc) is 2.29. The Balaban J connectivity index is 2.12. The van der Waals surface area contributed by atoms with Crippen LogP contribution in [-0.2, 0) is 11.2 Å². The molecule has 19 heavy (non-hydrogen) atoms. The zero-order valence-electron chi connectivity index (χ0n) is 10.8. The number of rotatable bonds is 4. The standard InChI is InChI=1S/C14H15N3O2/c1-9-7-10(2)16-14(15-9)17-12-5-3-11(4-6-12)8-13(18)19/h3-7H,8H2,1-2H3,(H,18,19)(H,15,16,17)/p-1. The lowest BCUT2D eigenvalue weighted by atomic mass is 10.1. The van der Waals surface area contributed by atoms with Crippen LogP contribution in [0, 0.1) is 13.8 Å². The Kier molecular flexibility index (Phi) is 3.75. The smallest absolute Gasteiger partial charge is 0.227 e. The highest BCUT2D eigenvalue weighted by atomic mass is 16.4. The first-order valence-electron chi connectivity index (χ1n) is 5.91. The fourth-order valence-corrected chi connectivity index (χ4v) is 1.78. The van der Waals surface area contributed by atoms with Crippen LogP contribution >= 0.6 is 0 Å². The minimum Gasteiger partial charge on any atom is -0.550 e. The van der Waals surface area contributed by atoms with E-state index in [-0.39, 0.29) is 6.42 Å². The molecule has 1 N–H and O–H groups in total. The van der Waals surface area contributed by atoms with Gasteiger partial charge in [-0.05, 0) is 37.6 Å². The summed E-state index contributed by atoms with van der Waals surface area (Å²) in [5, 5.41) is 13.6. The lowest BCUT2D eigenvalue weighted by Gasteiger charge is -2.08. The second kappa shape index (κ2) is 5.48. The highest BCUT2D eigenvalue weighted by molar-refractivity contribution is 5.68. The molecule has 0 saturated heterocycles. The lowest BCUT2D eigenvalue weighted by molar-refractivity contribution is -0.304. The number of benzene rings is 1. The van der Waals surface area contributed by atoms with E-state index in [2.05, 4.69) is 15.3 Å². The molecular formula is C14H14N3O2-. The van der Waals surface area contributed by atoms with Crippen LogP contribution in [0.25, 0.3) is 0 Å². The number of hydrogen-bond donors (Lipinski definition) is 1. The first-order valence-corrected chi connectivity index (χ1v) is 5.91. The zero-order valence-corrected chi connectivity index (χ0v) is 10.8. The SMILES string of the molecule is Cc1cc(C)nc(Nc2ccc(CC(=O)[O-])cc2)n1. The first-order chi connectivity index (χ1) is 9.02. The molecule has 2 aromatic rings. The van der Waals surface area contributed by atoms with E-state index in [0.717, 1.165) is 17.1 Å². The molecule has 5 nitrogen and oxygen atoms in total. The maximum absolute atomic E-state index is 10.5. The third-order valence-corrected chi connectivity index (χ3v) is 2.54. The van der Waals surface area contributed by atoms with Gasteiger partial charge in [-0.25, -0.2) is 9.97 Å². The fourth-order valence-electron chi connectivity index (χ4n) is 1.78. The van der Waals surface area contributed by atoms with Crippen LogP contribution in [0.3, 0.4) is 0 Å². The summed E-state index contributed by atoms with van der Waals surface area (Å²) in [4.78, 5) is 19.0. The molecular weight excluding hydrogens is 242 g/mol. The molecule has 0 amide bonds. The number of aromatic nitrogens is 2. The maximum Gasteiger partial charge on any atom is 0.227 e. The van der Waals surface area contributed by atoms with Crippen molar-refractivity contribution in [2.45, 2.75) is 20.3 Å². The number of carboxylic acids is 1. The third kappa shape index (κ3) is 3.77. The van der Waals surface area contributed by atoms with Gasteiger partial charge in [-0.15, -0.1) is 0 Å². The number of aliphatic carboxylic acids is 1. The molecule has 5 heteroatoms. The van der Waals surface area contributed by atoms with Gasteiger partial charge in [0.2, 0.25) is 5.95 Å². The quantitative estimate of drug-likeness (QED) is 0.887. The molecule has 0 atom stereocenters. The van der Waals surface area contributed by atoms with Gasteiger partial charge < -0.3 is 15.2 Å². The van der Waals surface area contributed by atoms with Crippen LogP contribution in [0.1, 0.15) is 17.0 Å². The normalized spacial score (nSPS) is 10.2. The molecule has 0 bridgehead atoms. The van der Waals surface area contributed by atoms with Gasteiger partial charge in [0, 0.05) is 29.5 Å². The Hall–Kier alpha value is -2.43. The fraction of sp³-hybridized carbons (Fsp3) is 0.214. The predicted octanol–water partition coefficient (Wildman–Crippen LogP) is 1.13. The second-order valence-corrected chi connectivity index (χ2v) is 4.35. The van der Waals surface area contributed by atoms with Crippen LogP contribution in [0.5, 0.6) is 0 Å². The van der Waals surface area contributed by atoms with E-state index in [4.69, 9.17) is 0 Å². The molecule has 1 heterocycles. The van der Waals surface area contributed by atoms with Gasteiger partial charge >= 0.3 is 0 Å². The number of anilines is 2. The Morgan fingerprint density at radius 1 is 1.16 bits per heavy atom. The van der Waals surface area contributed by atoms with Crippen molar-refractivity contribution in [3.63, 3.8) is 0 Å². The third-order valence-electron chi connectivity index (χ3n) is 2.54. The van der Waals surface area contributed by atoms with E-state index in [0.29, 0.717) is 11.5 Å². The van der Waals surface area contributed by atoms with E-state index < -0.39 is 5.97 Å². The van der Waals surface area contributed by atoms with E-state index >= 15 is 0 Å². The lowest BCUT2D eigenvalue weighted by Crippen LogP contribution is -2.24. The summed E-state index contributed by atoms with van der Waals surface area (Å²) in [6.45, 7) is 3.81. The minimum atomic E-state index is -1.08. The Morgan fingerprint density at radius 3 is 2.26 bits per heavy atom. The summed E-state index contributed by atoms with van der Waals surface area (Å²) >= 11 is 0. The summed E-state index contributed by atoms with van der Waals surface area (Å²) in [6.07, 6.45) is -0.0830. The van der Waals surface area contributed by atoms with Crippen molar-refractivity contribution in [1.82, 2.24) is 9.97 Å². The van der Waals surface area contributed by atoms with Crippen molar-refractivity contribution in [2.75, 3.05) is 5.32 Å². The van der Waals surface area contributed by atoms with Crippen LogP contribution in [-0.4, -0.2) is 15.9 Å². The van der Waals surface area contributed by atoms with Gasteiger partial charge in [-0.2, -0.15) is 0 Å². The Bertz CT molecular complexity index is 574. The van der Waals surface area contributed by atoms with Crippen LogP contribution in [0.15, 0.2) is 30.3 Å². The highest BCUT2D eigenvalue weighted by Gasteiger charge is 2.00. The summed E-state index contributed by atoms with van der Waals surface area (Å²) in [5.74, 6) is -0.552. The number of aryl methyl sites for hydroxylation is 2. The molecule has 0 spiro atoms. The van der Waals surface area contributed by atoms with Crippen molar-refractivity contribution in [3.05, 3.63) is 47.3 Å². The van der Waals surface area contributed by atoms with Crippen LogP contribution < -0.4 is 10.4 Å². The van der Waals surface area contributed by atoms with Crippen molar-refractivity contribution < 1.29 is 9.90 Å². The van der Waals surface area contributed by atoms with Crippen molar-refractivity contribution in [2.24, 2.45) is 0 Å². The van der Waals surface area contributed by atoms with Crippen molar-refractivity contribution in [1.29, 1.82) is 0 Å². The topological polar surface area (TPSA) is 77.9 Å². The van der Waals surface area contributed by atoms with Crippen LogP contribution in [0.2, 0.25) is 0 Å². The van der Waals surface area contributed by atoms with E-state index in [1.54, 1.807) is 24.3 Å². The van der Waals surface area contributed by atoms with Gasteiger partial charge in [0.25, 0.3) is 0 Å². The number of carbonyl (C=O) groups is 1. The first kappa shape index (κ1) is 13.0. The molecule has 0 radical (unpaired) electrons. The molecule has 0 unspecified atom stereocenters. The van der Waals surface area contributed by atoms with E-state index in [1.165, 1.54) is 0 Å². The van der Waals surface area contributed by atoms with Gasteiger partial charge in [-0.1, -0.05) is 12.1 Å². The molecule has 0 fully saturated rings. The van der Waals surface area contributed by atoms with E-state index in [1.807, 2.05) is 19.9 Å². The molecule has 98 valence electrons. The molecule has 0 saturated carbocycles. The average molecular weight is 256 g/mol. The number of nitrogens with one attached hydrogen (secondary N) is 1. The molecule has 2 rings (SSSR count). The zero-order chi connectivity index (χ0) is 13.8. The van der Waals surface area contributed by atoms with Gasteiger partial charge in [-0.3, -0.25) is 0 Å². The number of nitrogens with zero attached hydrogens (tertiary/aromatic N) is 2. The molecule has 0 aliphatic heterocycles. The summed E-state index contributed by atoms with van der Waals surface area (Å²) in [5.41, 5.74) is 3.30. The van der Waals surface area contributed by atoms with Crippen molar-refractivity contribution in [3.8, 4) is 0 Å². The number of hydrogen-bond acceptors (Lipinski definition) is 5. The number of carbonyl (C=O) groups excluding carboxylic acids is 1. The minimum absolute atomic E-state index is 0.0830. The van der Waals surface area contributed by atoms with E-state index in [9.17, 15) is 9.90 Å². The van der Waals surface area contributed by atoms with Gasteiger partial charge in [0.05, 0.1) is 0 Å². The van der Waals surface area contributed by atoms with Crippen molar-refractivity contribution >= 4 is 17.6 Å². The highest BCUT2D eigenvalue weighted by Crippen LogP contribution is 2.15. The Labute approximate surface area is 111 Å². The summed E-state index contributed by atoms with van der Waals surface area (Å²) in [7, 11) is 0. The summed E-state index contributed by atoms with van der Waals surface area (Å²) in [6, 6.07) is 8.95.